The van der Waals surface area contributed by atoms with E-state index in [-0.39, 0.29) is 0 Å². The summed E-state index contributed by atoms with van der Waals surface area (Å²) in [5, 5.41) is 0. The molecule has 13 heavy (non-hydrogen) atoms. The minimum Gasteiger partial charge on any atom is -0.387 e. The van der Waals surface area contributed by atoms with E-state index >= 15 is 0 Å². The van der Waals surface area contributed by atoms with Crippen LogP contribution in [0.3, 0.4) is 0 Å². The van der Waals surface area contributed by atoms with Crippen LogP contribution >= 0.6 is 15.9 Å². The highest BCUT2D eigenvalue weighted by Crippen LogP contribution is 2.30. The molecule has 0 saturated carbocycles. The van der Waals surface area contributed by atoms with Crippen LogP contribution in [0.25, 0.3) is 0 Å². The summed E-state index contributed by atoms with van der Waals surface area (Å²) >= 11 is 3.46. The van der Waals surface area contributed by atoms with Crippen molar-refractivity contribution in [1.82, 2.24) is 0 Å². The molecular formula is C10H13BrN2. The van der Waals surface area contributed by atoms with Gasteiger partial charge < -0.3 is 5.73 Å². The first kappa shape index (κ1) is 10.3. The van der Waals surface area contributed by atoms with Crippen LogP contribution < -0.4 is 5.73 Å². The predicted molar refractivity (Wildman–Crippen MR) is 60.6 cm³/mol. The van der Waals surface area contributed by atoms with Crippen LogP contribution in [-0.4, -0.2) is 5.84 Å². The number of rotatable bonds is 1. The van der Waals surface area contributed by atoms with E-state index in [0.717, 1.165) is 15.7 Å². The molecule has 0 radical (unpaired) electrons. The summed E-state index contributed by atoms with van der Waals surface area (Å²) in [7, 11) is 0. The fraction of sp³-hybridized carbons (Fsp3) is 0.300. The Morgan fingerprint density at radius 1 is 1.38 bits per heavy atom. The van der Waals surface area contributed by atoms with Crippen LogP contribution in [-0.2, 0) is 0 Å². The number of halogens is 1. The summed E-state index contributed by atoms with van der Waals surface area (Å²) in [6, 6.07) is 4.13. The third kappa shape index (κ3) is 2.56. The minimum absolute atomic E-state index is 0.577. The van der Waals surface area contributed by atoms with E-state index in [9.17, 15) is 0 Å². The molecule has 0 spiro atoms. The number of aryl methyl sites for hydroxylation is 2. The van der Waals surface area contributed by atoms with Crippen LogP contribution in [0, 0.1) is 13.8 Å². The van der Waals surface area contributed by atoms with Crippen molar-refractivity contribution in [3.05, 3.63) is 27.7 Å². The molecule has 0 atom stereocenters. The lowest BCUT2D eigenvalue weighted by Gasteiger charge is -2.05. The first-order valence-corrected chi connectivity index (χ1v) is 4.87. The van der Waals surface area contributed by atoms with Gasteiger partial charge in [-0.05, 0) is 53.9 Å². The van der Waals surface area contributed by atoms with E-state index in [2.05, 4.69) is 33.9 Å². The molecule has 0 aromatic heterocycles. The van der Waals surface area contributed by atoms with E-state index in [4.69, 9.17) is 5.73 Å². The lowest BCUT2D eigenvalue weighted by Crippen LogP contribution is -2.04. The van der Waals surface area contributed by atoms with Gasteiger partial charge >= 0.3 is 0 Å². The van der Waals surface area contributed by atoms with Gasteiger partial charge in [-0.1, -0.05) is 6.07 Å². The smallest absolute Gasteiger partial charge is 0.0965 e. The van der Waals surface area contributed by atoms with Gasteiger partial charge in [-0.15, -0.1) is 0 Å². The Bertz CT molecular complexity index is 329. The average molecular weight is 241 g/mol. The molecule has 0 aliphatic rings. The van der Waals surface area contributed by atoms with Crippen molar-refractivity contribution in [1.29, 1.82) is 0 Å². The first-order chi connectivity index (χ1) is 6.00. The number of amidine groups is 1. The lowest BCUT2D eigenvalue weighted by atomic mass is 10.1. The fourth-order valence-electron chi connectivity index (χ4n) is 1.23. The number of hydrogen-bond acceptors (Lipinski definition) is 1. The van der Waals surface area contributed by atoms with Gasteiger partial charge in [0, 0.05) is 4.47 Å². The topological polar surface area (TPSA) is 38.4 Å². The Hall–Kier alpha value is -0.830. The van der Waals surface area contributed by atoms with Crippen molar-refractivity contribution in [3.63, 3.8) is 0 Å². The van der Waals surface area contributed by atoms with Crippen molar-refractivity contribution < 1.29 is 0 Å². The number of benzene rings is 1. The zero-order valence-electron chi connectivity index (χ0n) is 8.06. The molecule has 0 aliphatic carbocycles. The second kappa shape index (κ2) is 3.92. The Labute approximate surface area is 87.0 Å². The Balaban J connectivity index is 3.29. The second-order valence-corrected chi connectivity index (χ2v) is 4.02. The van der Waals surface area contributed by atoms with Crippen molar-refractivity contribution in [2.75, 3.05) is 0 Å². The summed E-state index contributed by atoms with van der Waals surface area (Å²) in [5.41, 5.74) is 8.81. The SMILES string of the molecule is CC(N)=Nc1c(C)cc(C)cc1Br. The molecule has 1 aromatic carbocycles. The Morgan fingerprint density at radius 2 is 2.00 bits per heavy atom. The molecule has 0 saturated heterocycles. The molecule has 3 heteroatoms. The van der Waals surface area contributed by atoms with Crippen molar-refractivity contribution in [3.8, 4) is 0 Å². The molecule has 0 aliphatic heterocycles. The largest absolute Gasteiger partial charge is 0.387 e. The maximum atomic E-state index is 5.53. The minimum atomic E-state index is 0.577. The molecule has 1 rings (SSSR count). The van der Waals surface area contributed by atoms with Crippen LogP contribution in [0.15, 0.2) is 21.6 Å². The van der Waals surface area contributed by atoms with Gasteiger partial charge in [0.2, 0.25) is 0 Å². The fourth-order valence-corrected chi connectivity index (χ4v) is 1.99. The summed E-state index contributed by atoms with van der Waals surface area (Å²) in [6.45, 7) is 5.87. The third-order valence-electron chi connectivity index (χ3n) is 1.69. The van der Waals surface area contributed by atoms with Gasteiger partial charge in [0.15, 0.2) is 0 Å². The molecule has 0 fully saturated rings. The Kier molecular flexibility index (Phi) is 3.09. The first-order valence-electron chi connectivity index (χ1n) is 4.08. The van der Waals surface area contributed by atoms with E-state index < -0.39 is 0 Å². The van der Waals surface area contributed by atoms with Crippen LogP contribution in [0.2, 0.25) is 0 Å². The standard InChI is InChI=1S/C10H13BrN2/c1-6-4-7(2)10(9(11)5-6)13-8(3)12/h4-5H,1-3H3,(H2,12,13). The van der Waals surface area contributed by atoms with Crippen LogP contribution in [0.1, 0.15) is 18.1 Å². The van der Waals surface area contributed by atoms with Crippen molar-refractivity contribution in [2.24, 2.45) is 10.7 Å². The lowest BCUT2D eigenvalue weighted by molar-refractivity contribution is 1.31. The number of nitrogens with zero attached hydrogens (tertiary/aromatic N) is 1. The van der Waals surface area contributed by atoms with E-state index in [1.165, 1.54) is 5.56 Å². The van der Waals surface area contributed by atoms with Crippen LogP contribution in [0.4, 0.5) is 5.69 Å². The molecule has 70 valence electrons. The van der Waals surface area contributed by atoms with Crippen molar-refractivity contribution in [2.45, 2.75) is 20.8 Å². The predicted octanol–water partition coefficient (Wildman–Crippen LogP) is 3.07. The highest BCUT2D eigenvalue weighted by molar-refractivity contribution is 9.10. The molecule has 2 N–H and O–H groups in total. The maximum Gasteiger partial charge on any atom is 0.0965 e. The quantitative estimate of drug-likeness (QED) is 0.595. The van der Waals surface area contributed by atoms with Crippen LogP contribution in [0.5, 0.6) is 0 Å². The molecule has 0 amide bonds. The monoisotopic (exact) mass is 240 g/mol. The van der Waals surface area contributed by atoms with E-state index in [0.29, 0.717) is 5.84 Å². The van der Waals surface area contributed by atoms with Gasteiger partial charge in [-0.3, -0.25) is 0 Å². The number of aliphatic imine (C=N–C) groups is 1. The summed E-state index contributed by atoms with van der Waals surface area (Å²) in [5.74, 6) is 0.577. The van der Waals surface area contributed by atoms with Gasteiger partial charge in [-0.2, -0.15) is 0 Å². The zero-order chi connectivity index (χ0) is 10.0. The normalized spacial score (nSPS) is 11.8. The summed E-state index contributed by atoms with van der Waals surface area (Å²) in [4.78, 5) is 4.25. The molecular weight excluding hydrogens is 228 g/mol. The maximum absolute atomic E-state index is 5.53. The summed E-state index contributed by atoms with van der Waals surface area (Å²) in [6.07, 6.45) is 0. The second-order valence-electron chi connectivity index (χ2n) is 3.17. The molecule has 2 nitrogen and oxygen atoms in total. The van der Waals surface area contributed by atoms with E-state index in [1.807, 2.05) is 13.0 Å². The molecule has 0 unspecified atom stereocenters. The van der Waals surface area contributed by atoms with Gasteiger partial charge in [0.25, 0.3) is 0 Å². The van der Waals surface area contributed by atoms with Gasteiger partial charge in [0.1, 0.15) is 0 Å². The Morgan fingerprint density at radius 3 is 2.46 bits per heavy atom. The number of nitrogens with two attached hydrogens (primary N) is 1. The van der Waals surface area contributed by atoms with E-state index in [1.54, 1.807) is 6.92 Å². The zero-order valence-corrected chi connectivity index (χ0v) is 9.64. The molecule has 0 heterocycles. The number of hydrogen-bond donors (Lipinski definition) is 1. The average Bonchev–Trinajstić information content (AvgIpc) is 1.96. The van der Waals surface area contributed by atoms with Crippen molar-refractivity contribution >= 4 is 27.5 Å². The molecule has 0 bridgehead atoms. The highest BCUT2D eigenvalue weighted by atomic mass is 79.9. The highest BCUT2D eigenvalue weighted by Gasteiger charge is 2.02. The third-order valence-corrected chi connectivity index (χ3v) is 2.29. The van der Waals surface area contributed by atoms with Gasteiger partial charge in [0.05, 0.1) is 11.5 Å². The van der Waals surface area contributed by atoms with Gasteiger partial charge in [-0.25, -0.2) is 4.99 Å². The molecule has 1 aromatic rings. The summed E-state index contributed by atoms with van der Waals surface area (Å²) < 4.78 is 0.995.